The lowest BCUT2D eigenvalue weighted by Crippen LogP contribution is -2.38. The molecule has 1 aromatic heterocycles. The van der Waals surface area contributed by atoms with Gasteiger partial charge in [0.1, 0.15) is 4.90 Å². The highest BCUT2D eigenvalue weighted by Crippen LogP contribution is 2.27. The van der Waals surface area contributed by atoms with Crippen LogP contribution in [0.25, 0.3) is 0 Å². The van der Waals surface area contributed by atoms with Crippen LogP contribution in [0.15, 0.2) is 17.3 Å². The van der Waals surface area contributed by atoms with Crippen molar-refractivity contribution in [1.29, 1.82) is 0 Å². The van der Waals surface area contributed by atoms with Crippen molar-refractivity contribution in [2.75, 3.05) is 6.54 Å². The van der Waals surface area contributed by atoms with Gasteiger partial charge in [0.05, 0.1) is 12.7 Å². The Kier molecular flexibility index (Phi) is 5.17. The topological polar surface area (TPSA) is 90.0 Å². The normalized spacial score (nSPS) is 23.9. The summed E-state index contributed by atoms with van der Waals surface area (Å²) in [7, 11) is -3.46. The first-order chi connectivity index (χ1) is 9.55. The fraction of sp³-hybridized carbons (Fsp3) is 0.769. The number of nitrogens with zero attached hydrogens (tertiary/aromatic N) is 2. The van der Waals surface area contributed by atoms with Crippen molar-refractivity contribution in [3.05, 3.63) is 12.4 Å². The van der Waals surface area contributed by atoms with Gasteiger partial charge < -0.3 is 5.73 Å². The van der Waals surface area contributed by atoms with Crippen LogP contribution in [0.4, 0.5) is 0 Å². The molecule has 0 aliphatic heterocycles. The average molecular weight is 300 g/mol. The predicted molar refractivity (Wildman–Crippen MR) is 77.6 cm³/mol. The van der Waals surface area contributed by atoms with Gasteiger partial charge in [0, 0.05) is 18.8 Å². The molecule has 0 bridgehead atoms. The molecule has 1 aliphatic rings. The number of nitrogens with one attached hydrogen (secondary N) is 1. The minimum atomic E-state index is -3.46. The molecule has 2 unspecified atom stereocenters. The number of nitrogens with two attached hydrogens (primary N) is 1. The van der Waals surface area contributed by atoms with Crippen molar-refractivity contribution >= 4 is 10.0 Å². The molecule has 7 heteroatoms. The number of rotatable bonds is 6. The second-order valence-corrected chi connectivity index (χ2v) is 7.20. The summed E-state index contributed by atoms with van der Waals surface area (Å²) in [6.07, 6.45) is 8.21. The first-order valence-corrected chi connectivity index (χ1v) is 8.78. The van der Waals surface area contributed by atoms with Crippen LogP contribution < -0.4 is 10.5 Å². The molecule has 2 rings (SSSR count). The second-order valence-electron chi connectivity index (χ2n) is 5.49. The van der Waals surface area contributed by atoms with E-state index in [1.54, 1.807) is 4.68 Å². The molecule has 1 heterocycles. The Bertz CT molecular complexity index is 526. The molecule has 3 N–H and O–H groups in total. The van der Waals surface area contributed by atoms with Gasteiger partial charge in [-0.1, -0.05) is 26.2 Å². The van der Waals surface area contributed by atoms with Crippen LogP contribution in [-0.2, 0) is 16.6 Å². The fourth-order valence-corrected chi connectivity index (χ4v) is 4.03. The summed E-state index contributed by atoms with van der Waals surface area (Å²) in [6, 6.07) is 0.0524. The van der Waals surface area contributed by atoms with Gasteiger partial charge in [-0.2, -0.15) is 5.10 Å². The molecule has 0 radical (unpaired) electrons. The average Bonchev–Trinajstić information content (AvgIpc) is 2.88. The molecule has 0 saturated heterocycles. The Labute approximate surface area is 120 Å². The minimum absolute atomic E-state index is 0.0524. The predicted octanol–water partition coefficient (Wildman–Crippen LogP) is 1.09. The SMILES string of the molecule is CCC1CCCC(NS(=O)(=O)c2cnn(CCN)c2)C1. The van der Waals surface area contributed by atoms with Crippen LogP contribution in [0.1, 0.15) is 39.0 Å². The van der Waals surface area contributed by atoms with Crippen molar-refractivity contribution in [2.45, 2.75) is 56.5 Å². The van der Waals surface area contributed by atoms with E-state index in [9.17, 15) is 8.42 Å². The first kappa shape index (κ1) is 15.5. The molecule has 0 amide bonds. The molecule has 6 nitrogen and oxygen atoms in total. The van der Waals surface area contributed by atoms with E-state index in [-0.39, 0.29) is 10.9 Å². The summed E-state index contributed by atoms with van der Waals surface area (Å²) in [6.45, 7) is 3.13. The molecular formula is C13H24N4O2S. The molecule has 2 atom stereocenters. The van der Waals surface area contributed by atoms with E-state index in [1.165, 1.54) is 18.8 Å². The summed E-state index contributed by atoms with van der Waals surface area (Å²) in [5, 5.41) is 4.01. The van der Waals surface area contributed by atoms with Gasteiger partial charge in [0.25, 0.3) is 0 Å². The largest absolute Gasteiger partial charge is 0.329 e. The zero-order valence-corrected chi connectivity index (χ0v) is 12.8. The molecule has 0 aromatic carbocycles. The summed E-state index contributed by atoms with van der Waals surface area (Å²) in [5.41, 5.74) is 5.43. The van der Waals surface area contributed by atoms with Crippen LogP contribution >= 0.6 is 0 Å². The zero-order valence-electron chi connectivity index (χ0n) is 12.0. The van der Waals surface area contributed by atoms with E-state index in [4.69, 9.17) is 5.73 Å². The monoisotopic (exact) mass is 300 g/mol. The molecule has 20 heavy (non-hydrogen) atoms. The molecule has 0 spiro atoms. The Hall–Kier alpha value is -0.920. The molecule has 1 fully saturated rings. The van der Waals surface area contributed by atoms with E-state index in [0.717, 1.165) is 25.7 Å². The number of hydrogen-bond acceptors (Lipinski definition) is 4. The maximum Gasteiger partial charge on any atom is 0.243 e. The van der Waals surface area contributed by atoms with Crippen molar-refractivity contribution in [1.82, 2.24) is 14.5 Å². The van der Waals surface area contributed by atoms with E-state index < -0.39 is 10.0 Å². The smallest absolute Gasteiger partial charge is 0.243 e. The van der Waals surface area contributed by atoms with Crippen LogP contribution in [-0.4, -0.2) is 30.8 Å². The van der Waals surface area contributed by atoms with Gasteiger partial charge in [-0.3, -0.25) is 4.68 Å². The Balaban J connectivity index is 2.02. The van der Waals surface area contributed by atoms with Crippen LogP contribution in [0.5, 0.6) is 0 Å². The lowest BCUT2D eigenvalue weighted by Gasteiger charge is -2.28. The van der Waals surface area contributed by atoms with Crippen molar-refractivity contribution in [2.24, 2.45) is 11.7 Å². The Morgan fingerprint density at radius 2 is 2.30 bits per heavy atom. The minimum Gasteiger partial charge on any atom is -0.329 e. The molecular weight excluding hydrogens is 276 g/mol. The quantitative estimate of drug-likeness (QED) is 0.823. The third kappa shape index (κ3) is 3.80. The van der Waals surface area contributed by atoms with Gasteiger partial charge in [-0.05, 0) is 18.8 Å². The van der Waals surface area contributed by atoms with E-state index in [1.807, 2.05) is 0 Å². The Morgan fingerprint density at radius 1 is 1.50 bits per heavy atom. The third-order valence-corrected chi connectivity index (χ3v) is 5.44. The summed E-state index contributed by atoms with van der Waals surface area (Å²) >= 11 is 0. The number of sulfonamides is 1. The van der Waals surface area contributed by atoms with Gasteiger partial charge in [-0.25, -0.2) is 13.1 Å². The lowest BCUT2D eigenvalue weighted by atomic mass is 9.85. The summed E-state index contributed by atoms with van der Waals surface area (Å²) < 4.78 is 29.0. The summed E-state index contributed by atoms with van der Waals surface area (Å²) in [4.78, 5) is 0.226. The van der Waals surface area contributed by atoms with E-state index >= 15 is 0 Å². The van der Waals surface area contributed by atoms with Gasteiger partial charge >= 0.3 is 0 Å². The van der Waals surface area contributed by atoms with Crippen molar-refractivity contribution in [3.8, 4) is 0 Å². The third-order valence-electron chi connectivity index (χ3n) is 3.96. The molecule has 1 saturated carbocycles. The molecule has 114 valence electrons. The standard InChI is InChI=1S/C13H24N4O2S/c1-2-11-4-3-5-12(8-11)16-20(18,19)13-9-15-17(10-13)7-6-14/h9-12,16H,2-8,14H2,1H3. The number of aromatic nitrogens is 2. The van der Waals surface area contributed by atoms with Crippen molar-refractivity contribution < 1.29 is 8.42 Å². The molecule has 1 aliphatic carbocycles. The first-order valence-electron chi connectivity index (χ1n) is 7.30. The second kappa shape index (κ2) is 6.69. The van der Waals surface area contributed by atoms with Gasteiger partial charge in [-0.15, -0.1) is 0 Å². The Morgan fingerprint density at radius 3 is 3.00 bits per heavy atom. The maximum atomic E-state index is 12.3. The van der Waals surface area contributed by atoms with E-state index in [0.29, 0.717) is 19.0 Å². The van der Waals surface area contributed by atoms with E-state index in [2.05, 4.69) is 16.7 Å². The highest BCUT2D eigenvalue weighted by atomic mass is 32.2. The zero-order chi connectivity index (χ0) is 14.6. The van der Waals surface area contributed by atoms with Crippen LogP contribution in [0, 0.1) is 5.92 Å². The van der Waals surface area contributed by atoms with Crippen molar-refractivity contribution in [3.63, 3.8) is 0 Å². The fourth-order valence-electron chi connectivity index (χ4n) is 2.79. The number of hydrogen-bond donors (Lipinski definition) is 2. The van der Waals surface area contributed by atoms with Crippen LogP contribution in [0.2, 0.25) is 0 Å². The summed E-state index contributed by atoms with van der Waals surface area (Å²) in [5.74, 6) is 0.636. The van der Waals surface area contributed by atoms with Gasteiger partial charge in [0.2, 0.25) is 10.0 Å². The molecule has 1 aromatic rings. The maximum absolute atomic E-state index is 12.3. The van der Waals surface area contributed by atoms with Crippen LogP contribution in [0.3, 0.4) is 0 Å². The highest BCUT2D eigenvalue weighted by molar-refractivity contribution is 7.89. The highest BCUT2D eigenvalue weighted by Gasteiger charge is 2.26. The lowest BCUT2D eigenvalue weighted by molar-refractivity contribution is 0.301. The van der Waals surface area contributed by atoms with Gasteiger partial charge in [0.15, 0.2) is 0 Å².